The van der Waals surface area contributed by atoms with Crippen LogP contribution in [0.15, 0.2) is 24.3 Å². The number of carbonyl (C=O) groups excluding carboxylic acids is 1. The molecule has 0 radical (unpaired) electrons. The average molecular weight is 363 g/mol. The topological polar surface area (TPSA) is 85.3 Å². The summed E-state index contributed by atoms with van der Waals surface area (Å²) in [6, 6.07) is 7.12. The lowest BCUT2D eigenvalue weighted by Crippen LogP contribution is -2.45. The highest BCUT2D eigenvalue weighted by atomic mass is 16.5. The first-order chi connectivity index (χ1) is 12.5. The fraction of sp³-hybridized carbons (Fsp3) is 0.579. The average Bonchev–Trinajstić information content (AvgIpc) is 3.06. The van der Waals surface area contributed by atoms with E-state index in [0.29, 0.717) is 38.5 Å². The fourth-order valence-corrected chi connectivity index (χ4v) is 3.58. The van der Waals surface area contributed by atoms with E-state index in [4.69, 9.17) is 14.2 Å². The van der Waals surface area contributed by atoms with Crippen LogP contribution in [-0.2, 0) is 14.3 Å². The number of aliphatic carboxylic acids is 1. The van der Waals surface area contributed by atoms with Crippen LogP contribution < -0.4 is 9.47 Å². The second-order valence-electron chi connectivity index (χ2n) is 6.87. The summed E-state index contributed by atoms with van der Waals surface area (Å²) in [4.78, 5) is 25.8. The van der Waals surface area contributed by atoms with Crippen molar-refractivity contribution in [3.8, 4) is 11.5 Å². The number of carboxylic acids is 1. The lowest BCUT2D eigenvalue weighted by atomic mass is 9.74. The minimum Gasteiger partial charge on any atom is -0.494 e. The number of amides is 1. The van der Waals surface area contributed by atoms with Crippen LogP contribution in [-0.4, -0.2) is 61.4 Å². The van der Waals surface area contributed by atoms with Crippen molar-refractivity contribution in [1.82, 2.24) is 4.90 Å². The van der Waals surface area contributed by atoms with Crippen LogP contribution in [0.2, 0.25) is 0 Å². The van der Waals surface area contributed by atoms with E-state index in [9.17, 15) is 14.7 Å². The van der Waals surface area contributed by atoms with Crippen LogP contribution in [0.1, 0.15) is 19.8 Å². The zero-order valence-electron chi connectivity index (χ0n) is 15.0. The molecule has 2 atom stereocenters. The van der Waals surface area contributed by atoms with Gasteiger partial charge in [0, 0.05) is 25.6 Å². The van der Waals surface area contributed by atoms with E-state index in [0.717, 1.165) is 12.2 Å². The van der Waals surface area contributed by atoms with Crippen LogP contribution in [0.25, 0.3) is 0 Å². The summed E-state index contributed by atoms with van der Waals surface area (Å²) in [6.45, 7) is 4.02. The molecule has 2 aliphatic rings. The SMILES string of the molecule is CCCOc1ccc(OCC(=O)N2C[C@H]3COCC[C@@]3(C(=O)O)C2)cc1. The first-order valence-electron chi connectivity index (χ1n) is 9.00. The fourth-order valence-electron chi connectivity index (χ4n) is 3.58. The molecule has 0 unspecified atom stereocenters. The van der Waals surface area contributed by atoms with Gasteiger partial charge in [0.15, 0.2) is 6.61 Å². The van der Waals surface area contributed by atoms with Gasteiger partial charge >= 0.3 is 5.97 Å². The standard InChI is InChI=1S/C19H25NO6/c1-2-8-25-15-3-5-16(6-4-15)26-12-17(21)20-10-14-11-24-9-7-19(14,13-20)18(22)23/h3-6,14H,2,7-13H2,1H3,(H,22,23)/t14-,19+/m0/s1. The molecule has 1 aromatic carbocycles. The number of carbonyl (C=O) groups is 2. The number of carboxylic acid groups (broad SMARTS) is 1. The molecule has 3 rings (SSSR count). The molecular formula is C19H25NO6. The Labute approximate surface area is 152 Å². The van der Waals surface area contributed by atoms with Crippen molar-refractivity contribution in [2.24, 2.45) is 11.3 Å². The minimum absolute atomic E-state index is 0.113. The molecule has 0 bridgehead atoms. The zero-order chi connectivity index (χ0) is 18.6. The number of hydrogen-bond donors (Lipinski definition) is 1. The normalized spacial score (nSPS) is 24.8. The predicted molar refractivity (Wildman–Crippen MR) is 93.3 cm³/mol. The van der Waals surface area contributed by atoms with E-state index in [1.165, 1.54) is 0 Å². The summed E-state index contributed by atoms with van der Waals surface area (Å²) in [5, 5.41) is 9.66. The molecule has 0 saturated carbocycles. The third-order valence-electron chi connectivity index (χ3n) is 5.14. The van der Waals surface area contributed by atoms with Gasteiger partial charge in [0.2, 0.25) is 0 Å². The van der Waals surface area contributed by atoms with Gasteiger partial charge in [-0.05, 0) is 37.1 Å². The van der Waals surface area contributed by atoms with Gasteiger partial charge in [-0.1, -0.05) is 6.92 Å². The first kappa shape index (κ1) is 18.5. The third-order valence-corrected chi connectivity index (χ3v) is 5.14. The molecule has 1 amide bonds. The molecule has 1 N–H and O–H groups in total. The van der Waals surface area contributed by atoms with Gasteiger partial charge in [-0.25, -0.2) is 0 Å². The molecular weight excluding hydrogens is 338 g/mol. The Hall–Kier alpha value is -2.28. The Balaban J connectivity index is 1.55. The number of benzene rings is 1. The highest BCUT2D eigenvalue weighted by Crippen LogP contribution is 2.42. The lowest BCUT2D eigenvalue weighted by Gasteiger charge is -2.33. The molecule has 26 heavy (non-hydrogen) atoms. The van der Waals surface area contributed by atoms with Crippen molar-refractivity contribution < 1.29 is 28.9 Å². The maximum atomic E-state index is 12.5. The monoisotopic (exact) mass is 363 g/mol. The van der Waals surface area contributed by atoms with E-state index in [1.807, 2.05) is 6.92 Å². The van der Waals surface area contributed by atoms with Gasteiger partial charge in [0.05, 0.1) is 18.6 Å². The van der Waals surface area contributed by atoms with Crippen LogP contribution in [0.4, 0.5) is 0 Å². The number of hydrogen-bond acceptors (Lipinski definition) is 5. The van der Waals surface area contributed by atoms with E-state index in [1.54, 1.807) is 29.2 Å². The molecule has 2 fully saturated rings. The largest absolute Gasteiger partial charge is 0.494 e. The summed E-state index contributed by atoms with van der Waals surface area (Å²) in [6.07, 6.45) is 1.38. The smallest absolute Gasteiger partial charge is 0.311 e. The van der Waals surface area contributed by atoms with Crippen molar-refractivity contribution in [2.45, 2.75) is 19.8 Å². The summed E-state index contributed by atoms with van der Waals surface area (Å²) in [5.74, 6) is 0.136. The second kappa shape index (κ2) is 7.95. The summed E-state index contributed by atoms with van der Waals surface area (Å²) in [7, 11) is 0. The molecule has 2 heterocycles. The Bertz CT molecular complexity index is 646. The number of ether oxygens (including phenoxy) is 3. The van der Waals surface area contributed by atoms with E-state index >= 15 is 0 Å². The van der Waals surface area contributed by atoms with Crippen LogP contribution in [0, 0.1) is 11.3 Å². The molecule has 1 aromatic rings. The summed E-state index contributed by atoms with van der Waals surface area (Å²) < 4.78 is 16.5. The molecule has 7 heteroatoms. The molecule has 2 aliphatic heterocycles. The Morgan fingerprint density at radius 2 is 1.96 bits per heavy atom. The summed E-state index contributed by atoms with van der Waals surface area (Å²) >= 11 is 0. The molecule has 0 spiro atoms. The van der Waals surface area contributed by atoms with Gasteiger partial charge in [0.25, 0.3) is 5.91 Å². The van der Waals surface area contributed by atoms with Gasteiger partial charge in [-0.3, -0.25) is 9.59 Å². The molecule has 2 saturated heterocycles. The summed E-state index contributed by atoms with van der Waals surface area (Å²) in [5.41, 5.74) is -0.883. The second-order valence-corrected chi connectivity index (χ2v) is 6.87. The molecule has 0 aromatic heterocycles. The number of fused-ring (bicyclic) bond motifs is 1. The highest BCUT2D eigenvalue weighted by molar-refractivity contribution is 5.82. The van der Waals surface area contributed by atoms with Gasteiger partial charge in [-0.2, -0.15) is 0 Å². The number of likely N-dealkylation sites (tertiary alicyclic amines) is 1. The van der Waals surface area contributed by atoms with E-state index in [2.05, 4.69) is 0 Å². The van der Waals surface area contributed by atoms with Gasteiger partial charge in [0.1, 0.15) is 11.5 Å². The van der Waals surface area contributed by atoms with Crippen LogP contribution >= 0.6 is 0 Å². The van der Waals surface area contributed by atoms with Crippen molar-refractivity contribution in [1.29, 1.82) is 0 Å². The predicted octanol–water partition coefficient (Wildman–Crippen LogP) is 1.80. The van der Waals surface area contributed by atoms with E-state index in [-0.39, 0.29) is 25.0 Å². The first-order valence-corrected chi connectivity index (χ1v) is 9.00. The van der Waals surface area contributed by atoms with Crippen molar-refractivity contribution >= 4 is 11.9 Å². The van der Waals surface area contributed by atoms with Crippen molar-refractivity contribution in [2.75, 3.05) is 39.5 Å². The van der Waals surface area contributed by atoms with E-state index < -0.39 is 11.4 Å². The van der Waals surface area contributed by atoms with Gasteiger partial charge in [-0.15, -0.1) is 0 Å². The maximum absolute atomic E-state index is 12.5. The van der Waals surface area contributed by atoms with Crippen LogP contribution in [0.5, 0.6) is 11.5 Å². The van der Waals surface area contributed by atoms with Gasteiger partial charge < -0.3 is 24.2 Å². The molecule has 0 aliphatic carbocycles. The van der Waals surface area contributed by atoms with Crippen LogP contribution in [0.3, 0.4) is 0 Å². The zero-order valence-corrected chi connectivity index (χ0v) is 15.0. The Kier molecular flexibility index (Phi) is 5.66. The van der Waals surface area contributed by atoms with Crippen molar-refractivity contribution in [3.63, 3.8) is 0 Å². The Morgan fingerprint density at radius 1 is 1.27 bits per heavy atom. The quantitative estimate of drug-likeness (QED) is 0.795. The Morgan fingerprint density at radius 3 is 2.58 bits per heavy atom. The maximum Gasteiger partial charge on any atom is 0.311 e. The molecule has 7 nitrogen and oxygen atoms in total. The third kappa shape index (κ3) is 3.77. The minimum atomic E-state index is -0.883. The lowest BCUT2D eigenvalue weighted by molar-refractivity contribution is -0.157. The highest BCUT2D eigenvalue weighted by Gasteiger charge is 2.54. The number of rotatable bonds is 7. The van der Waals surface area contributed by atoms with Crippen molar-refractivity contribution in [3.05, 3.63) is 24.3 Å². The molecule has 142 valence electrons. The number of nitrogens with zero attached hydrogens (tertiary/aromatic N) is 1.